The molecule has 1 heterocycles. The number of aromatic nitrogens is 2. The molecule has 0 saturated heterocycles. The summed E-state index contributed by atoms with van der Waals surface area (Å²) in [6.45, 7) is 0. The number of nitrogens with zero attached hydrogens (tertiary/aromatic N) is 3. The zero-order valence-electron chi connectivity index (χ0n) is 6.35. The van der Waals surface area contributed by atoms with Gasteiger partial charge in [0.05, 0.1) is 16.6 Å². The Kier molecular flexibility index (Phi) is 1.66. The van der Waals surface area contributed by atoms with Gasteiger partial charge < -0.3 is 0 Å². The van der Waals surface area contributed by atoms with Gasteiger partial charge in [-0.25, -0.2) is 0 Å². The number of hydrogen-bond acceptors (Lipinski definition) is 3. The van der Waals surface area contributed by atoms with Crippen molar-refractivity contribution in [1.29, 1.82) is 0 Å². The van der Waals surface area contributed by atoms with Gasteiger partial charge in [0.2, 0.25) is 0 Å². The highest BCUT2D eigenvalue weighted by molar-refractivity contribution is 6.18. The van der Waals surface area contributed by atoms with Gasteiger partial charge in [-0.3, -0.25) is 10.1 Å². The maximum Gasteiger partial charge on any atom is 0.270 e. The first kappa shape index (κ1) is 8.00. The Morgan fingerprint density at radius 2 is 2.31 bits per heavy atom. The van der Waals surface area contributed by atoms with Crippen LogP contribution in [0.15, 0.2) is 24.4 Å². The van der Waals surface area contributed by atoms with Gasteiger partial charge in [-0.15, -0.1) is 0 Å². The zero-order valence-corrected chi connectivity index (χ0v) is 7.10. The van der Waals surface area contributed by atoms with E-state index in [1.807, 2.05) is 0 Å². The minimum atomic E-state index is -0.453. The number of benzene rings is 1. The van der Waals surface area contributed by atoms with E-state index >= 15 is 0 Å². The highest BCUT2D eigenvalue weighted by atomic mass is 35.5. The van der Waals surface area contributed by atoms with Gasteiger partial charge in [0.15, 0.2) is 0 Å². The number of nitro groups is 1. The number of fused-ring (bicyclic) bond motifs is 1. The molecule has 0 aliphatic carbocycles. The highest BCUT2D eigenvalue weighted by Gasteiger charge is 2.08. The van der Waals surface area contributed by atoms with Crippen molar-refractivity contribution >= 4 is 28.4 Å². The van der Waals surface area contributed by atoms with Crippen LogP contribution in [0.2, 0.25) is 0 Å². The Hall–Kier alpha value is -1.62. The molecule has 2 rings (SSSR count). The molecule has 0 unspecified atom stereocenters. The normalized spacial score (nSPS) is 10.5. The standard InChI is InChI=1S/C7H4ClN3O2/c8-10-7-2-1-6(11(12)13)3-5(7)4-9-10/h1-4H. The average molecular weight is 198 g/mol. The number of halogens is 1. The summed E-state index contributed by atoms with van der Waals surface area (Å²) >= 11 is 5.64. The second-order valence-electron chi connectivity index (χ2n) is 2.50. The molecule has 66 valence electrons. The van der Waals surface area contributed by atoms with Crippen molar-refractivity contribution < 1.29 is 4.92 Å². The third-order valence-corrected chi connectivity index (χ3v) is 1.99. The van der Waals surface area contributed by atoms with Crippen LogP contribution in [0.5, 0.6) is 0 Å². The lowest BCUT2D eigenvalue weighted by Gasteiger charge is -1.91. The molecule has 0 spiro atoms. The van der Waals surface area contributed by atoms with E-state index in [0.717, 1.165) is 4.20 Å². The molecule has 0 amide bonds. The van der Waals surface area contributed by atoms with E-state index in [9.17, 15) is 10.1 Å². The molecule has 0 atom stereocenters. The Balaban J connectivity index is 2.70. The smallest absolute Gasteiger partial charge is 0.258 e. The van der Waals surface area contributed by atoms with Crippen molar-refractivity contribution in [1.82, 2.24) is 9.30 Å². The molecule has 0 aliphatic heterocycles. The van der Waals surface area contributed by atoms with Gasteiger partial charge in [0.25, 0.3) is 5.69 Å². The Morgan fingerprint density at radius 1 is 1.54 bits per heavy atom. The molecule has 1 aromatic carbocycles. The van der Waals surface area contributed by atoms with Crippen molar-refractivity contribution in [3.63, 3.8) is 0 Å². The number of nitro benzene ring substituents is 1. The summed E-state index contributed by atoms with van der Waals surface area (Å²) in [6.07, 6.45) is 1.48. The Morgan fingerprint density at radius 3 is 3.00 bits per heavy atom. The highest BCUT2D eigenvalue weighted by Crippen LogP contribution is 2.20. The lowest BCUT2D eigenvalue weighted by atomic mass is 10.2. The molecule has 0 radical (unpaired) electrons. The summed E-state index contributed by atoms with van der Waals surface area (Å²) < 4.78 is 1.15. The number of rotatable bonds is 1. The van der Waals surface area contributed by atoms with E-state index in [1.54, 1.807) is 6.07 Å². The third-order valence-electron chi connectivity index (χ3n) is 1.72. The van der Waals surface area contributed by atoms with Crippen molar-refractivity contribution in [3.05, 3.63) is 34.5 Å². The third kappa shape index (κ3) is 1.23. The molecule has 1 aromatic heterocycles. The van der Waals surface area contributed by atoms with E-state index in [4.69, 9.17) is 11.8 Å². The predicted octanol–water partition coefficient (Wildman–Crippen LogP) is 1.95. The van der Waals surface area contributed by atoms with Crippen LogP contribution >= 0.6 is 11.8 Å². The fourth-order valence-electron chi connectivity index (χ4n) is 1.10. The van der Waals surface area contributed by atoms with E-state index in [1.165, 1.54) is 18.3 Å². The molecular formula is C7H4ClN3O2. The summed E-state index contributed by atoms with van der Waals surface area (Å²) in [4.78, 5) is 9.94. The minimum absolute atomic E-state index is 0.0390. The molecule has 0 N–H and O–H groups in total. The fraction of sp³-hybridized carbons (Fsp3) is 0. The molecule has 2 aromatic rings. The topological polar surface area (TPSA) is 61.0 Å². The second-order valence-corrected chi connectivity index (χ2v) is 2.83. The largest absolute Gasteiger partial charge is 0.270 e. The fourth-order valence-corrected chi connectivity index (χ4v) is 1.30. The Labute approximate surface area is 77.8 Å². The van der Waals surface area contributed by atoms with Crippen LogP contribution in [-0.2, 0) is 0 Å². The number of hydrogen-bond donors (Lipinski definition) is 0. The molecule has 13 heavy (non-hydrogen) atoms. The summed E-state index contributed by atoms with van der Waals surface area (Å²) in [5.74, 6) is 0. The predicted molar refractivity (Wildman–Crippen MR) is 47.6 cm³/mol. The van der Waals surface area contributed by atoms with Gasteiger partial charge in [-0.2, -0.15) is 9.30 Å². The summed E-state index contributed by atoms with van der Waals surface area (Å²) in [5.41, 5.74) is 0.699. The summed E-state index contributed by atoms with van der Waals surface area (Å²) in [6, 6.07) is 4.39. The maximum atomic E-state index is 10.4. The zero-order chi connectivity index (χ0) is 9.42. The van der Waals surface area contributed by atoms with Crippen LogP contribution in [0.1, 0.15) is 0 Å². The molecule has 5 nitrogen and oxygen atoms in total. The van der Waals surface area contributed by atoms with Crippen LogP contribution in [0, 0.1) is 10.1 Å². The van der Waals surface area contributed by atoms with Gasteiger partial charge in [-0.1, -0.05) is 0 Å². The van der Waals surface area contributed by atoms with Crippen molar-refractivity contribution in [3.8, 4) is 0 Å². The summed E-state index contributed by atoms with van der Waals surface area (Å²) in [5, 5.41) is 14.8. The Bertz CT molecular complexity index is 480. The van der Waals surface area contributed by atoms with Gasteiger partial charge in [-0.05, 0) is 6.07 Å². The molecule has 0 bridgehead atoms. The van der Waals surface area contributed by atoms with Crippen LogP contribution < -0.4 is 0 Å². The van der Waals surface area contributed by atoms with Gasteiger partial charge in [0, 0.05) is 29.3 Å². The molecular weight excluding hydrogens is 194 g/mol. The molecule has 0 fully saturated rings. The first-order valence-electron chi connectivity index (χ1n) is 3.47. The second kappa shape index (κ2) is 2.70. The first-order chi connectivity index (χ1) is 6.18. The molecule has 0 saturated carbocycles. The van der Waals surface area contributed by atoms with Crippen LogP contribution in [-0.4, -0.2) is 14.2 Å². The van der Waals surface area contributed by atoms with Gasteiger partial charge in [0.1, 0.15) is 0 Å². The van der Waals surface area contributed by atoms with Crippen LogP contribution in [0.3, 0.4) is 0 Å². The van der Waals surface area contributed by atoms with E-state index in [2.05, 4.69) is 5.10 Å². The van der Waals surface area contributed by atoms with E-state index in [-0.39, 0.29) is 5.69 Å². The van der Waals surface area contributed by atoms with E-state index < -0.39 is 4.92 Å². The van der Waals surface area contributed by atoms with E-state index in [0.29, 0.717) is 10.9 Å². The first-order valence-corrected chi connectivity index (χ1v) is 3.80. The quantitative estimate of drug-likeness (QED) is 0.519. The SMILES string of the molecule is O=[N+]([O-])c1ccc2c(cnn2Cl)c1. The van der Waals surface area contributed by atoms with Crippen LogP contribution in [0.25, 0.3) is 10.9 Å². The molecule has 0 aliphatic rings. The van der Waals surface area contributed by atoms with Crippen molar-refractivity contribution in [2.45, 2.75) is 0 Å². The maximum absolute atomic E-state index is 10.4. The number of non-ortho nitro benzene ring substituents is 1. The monoisotopic (exact) mass is 197 g/mol. The lowest BCUT2D eigenvalue weighted by molar-refractivity contribution is -0.384. The molecule has 6 heteroatoms. The van der Waals surface area contributed by atoms with Gasteiger partial charge >= 0.3 is 0 Å². The average Bonchev–Trinajstić information content (AvgIpc) is 2.47. The summed E-state index contributed by atoms with van der Waals surface area (Å²) in [7, 11) is 0. The van der Waals surface area contributed by atoms with Crippen molar-refractivity contribution in [2.75, 3.05) is 0 Å². The minimum Gasteiger partial charge on any atom is -0.258 e. The lowest BCUT2D eigenvalue weighted by Crippen LogP contribution is -1.87. The van der Waals surface area contributed by atoms with Crippen molar-refractivity contribution in [2.24, 2.45) is 0 Å². The van der Waals surface area contributed by atoms with Crippen LogP contribution in [0.4, 0.5) is 5.69 Å².